The monoisotopic (exact) mass is 345 g/mol. The van der Waals surface area contributed by atoms with Crippen LogP contribution in [0.1, 0.15) is 22.8 Å². The fourth-order valence-electron chi connectivity index (χ4n) is 2.31. The van der Waals surface area contributed by atoms with E-state index in [-0.39, 0.29) is 17.9 Å². The van der Waals surface area contributed by atoms with Gasteiger partial charge in [-0.2, -0.15) is 0 Å². The van der Waals surface area contributed by atoms with Crippen LogP contribution in [0, 0.1) is 11.2 Å². The number of methoxy groups -OCH3 is 2. The number of benzene rings is 2. The van der Waals surface area contributed by atoms with Crippen LogP contribution < -0.4 is 15.8 Å². The molecule has 1 atom stereocenters. The highest BCUT2D eigenvalue weighted by Gasteiger charge is 2.23. The molecule has 132 valence electrons. The molecule has 6 nitrogen and oxygen atoms in total. The van der Waals surface area contributed by atoms with Crippen LogP contribution in [0.2, 0.25) is 0 Å². The van der Waals surface area contributed by atoms with E-state index >= 15 is 0 Å². The number of hydrogen-bond donors (Lipinski definition) is 3. The Kier molecular flexibility index (Phi) is 6.08. The molecule has 0 aromatic heterocycles. The summed E-state index contributed by atoms with van der Waals surface area (Å²) in [4.78, 5) is 12.4. The largest absolute Gasteiger partial charge is 0.497 e. The Morgan fingerprint density at radius 1 is 1.24 bits per heavy atom. The molecule has 0 bridgehead atoms. The Balaban J connectivity index is 2.08. The van der Waals surface area contributed by atoms with Gasteiger partial charge in [-0.25, -0.2) is 4.39 Å². The van der Waals surface area contributed by atoms with E-state index < -0.39 is 17.8 Å². The second-order valence-electron chi connectivity index (χ2n) is 5.33. The van der Waals surface area contributed by atoms with Crippen molar-refractivity contribution in [2.45, 2.75) is 12.6 Å². The maximum Gasteiger partial charge on any atom is 0.254 e. The molecule has 0 saturated carbocycles. The summed E-state index contributed by atoms with van der Waals surface area (Å²) in [6, 6.07) is 11.0. The number of nitrogens with one attached hydrogen (secondary N) is 2. The first kappa shape index (κ1) is 18.4. The molecule has 4 N–H and O–H groups in total. The Morgan fingerprint density at radius 3 is 2.48 bits per heavy atom. The molecule has 0 aliphatic carbocycles. The molecular formula is C18H20FN3O3. The van der Waals surface area contributed by atoms with Crippen LogP contribution in [0.5, 0.6) is 5.75 Å². The van der Waals surface area contributed by atoms with Crippen molar-refractivity contribution in [2.75, 3.05) is 14.2 Å². The van der Waals surface area contributed by atoms with Crippen molar-refractivity contribution in [2.24, 2.45) is 5.73 Å². The molecule has 0 saturated heterocycles. The number of nitrogens with two attached hydrogens (primary N) is 1. The van der Waals surface area contributed by atoms with Crippen LogP contribution in [0.25, 0.3) is 0 Å². The van der Waals surface area contributed by atoms with Gasteiger partial charge in [-0.1, -0.05) is 24.3 Å². The Morgan fingerprint density at radius 2 is 1.92 bits per heavy atom. The Hall–Kier alpha value is -2.93. The van der Waals surface area contributed by atoms with Crippen LogP contribution in [0.4, 0.5) is 4.39 Å². The first-order chi connectivity index (χ1) is 12.0. The second-order valence-corrected chi connectivity index (χ2v) is 5.33. The maximum absolute atomic E-state index is 14.0. The summed E-state index contributed by atoms with van der Waals surface area (Å²) >= 11 is 0. The van der Waals surface area contributed by atoms with Gasteiger partial charge >= 0.3 is 0 Å². The average Bonchev–Trinajstić information content (AvgIpc) is 2.62. The first-order valence-electron chi connectivity index (χ1n) is 7.53. The van der Waals surface area contributed by atoms with Gasteiger partial charge in [0.2, 0.25) is 0 Å². The summed E-state index contributed by atoms with van der Waals surface area (Å²) in [6.07, 6.45) is -1.09. The van der Waals surface area contributed by atoms with E-state index in [0.717, 1.165) is 5.56 Å². The molecule has 7 heteroatoms. The molecule has 2 aromatic rings. The van der Waals surface area contributed by atoms with Crippen molar-refractivity contribution in [1.29, 1.82) is 5.41 Å². The molecule has 2 rings (SSSR count). The lowest BCUT2D eigenvalue weighted by atomic mass is 10.1. The number of nitrogen functional groups attached to an aromatic ring is 1. The number of carbonyl (C=O) groups excluding carboxylic acids is 1. The molecule has 0 unspecified atom stereocenters. The predicted octanol–water partition coefficient (Wildman–Crippen LogP) is 2.12. The van der Waals surface area contributed by atoms with Gasteiger partial charge in [0.1, 0.15) is 17.4 Å². The topological polar surface area (TPSA) is 97.4 Å². The van der Waals surface area contributed by atoms with Crippen LogP contribution >= 0.6 is 0 Å². The second kappa shape index (κ2) is 8.25. The Labute approximate surface area is 145 Å². The SMILES string of the molecule is COc1ccc(F)c([C@H](OC)C(=O)NCc2ccc(C(=N)N)cc2)c1. The first-order valence-corrected chi connectivity index (χ1v) is 7.53. The summed E-state index contributed by atoms with van der Waals surface area (Å²) < 4.78 is 24.3. The van der Waals surface area contributed by atoms with Crippen molar-refractivity contribution >= 4 is 11.7 Å². The summed E-state index contributed by atoms with van der Waals surface area (Å²) in [5.74, 6) is -0.603. The third kappa shape index (κ3) is 4.54. The molecule has 0 aliphatic rings. The summed E-state index contributed by atoms with van der Waals surface area (Å²) in [5.41, 5.74) is 6.92. The van der Waals surface area contributed by atoms with Crippen molar-refractivity contribution in [1.82, 2.24) is 5.32 Å². The number of ether oxygens (including phenoxy) is 2. The number of hydrogen-bond acceptors (Lipinski definition) is 4. The lowest BCUT2D eigenvalue weighted by Crippen LogP contribution is -2.30. The zero-order valence-corrected chi connectivity index (χ0v) is 14.0. The number of amidine groups is 1. The standard InChI is InChI=1S/C18H20FN3O3/c1-24-13-7-8-15(19)14(9-13)16(25-2)18(23)22-10-11-3-5-12(6-4-11)17(20)21/h3-9,16H,10H2,1-2H3,(H3,20,21)(H,22,23)/t16-/m0/s1. The molecule has 0 spiro atoms. The minimum absolute atomic E-state index is 0.0245. The number of amides is 1. The van der Waals surface area contributed by atoms with Crippen molar-refractivity contribution < 1.29 is 18.7 Å². The maximum atomic E-state index is 14.0. The minimum Gasteiger partial charge on any atom is -0.497 e. The third-order valence-corrected chi connectivity index (χ3v) is 3.69. The fraction of sp³-hybridized carbons (Fsp3) is 0.222. The van der Waals surface area contributed by atoms with E-state index in [0.29, 0.717) is 11.3 Å². The normalized spacial score (nSPS) is 11.6. The lowest BCUT2D eigenvalue weighted by molar-refractivity contribution is -0.131. The van der Waals surface area contributed by atoms with Gasteiger partial charge in [0.05, 0.1) is 7.11 Å². The van der Waals surface area contributed by atoms with Gasteiger partial charge in [-0.15, -0.1) is 0 Å². The van der Waals surface area contributed by atoms with Gasteiger partial charge in [-0.05, 0) is 23.8 Å². The van der Waals surface area contributed by atoms with E-state index in [1.54, 1.807) is 24.3 Å². The molecule has 0 heterocycles. The van der Waals surface area contributed by atoms with Crippen LogP contribution in [-0.2, 0) is 16.1 Å². The van der Waals surface area contributed by atoms with Gasteiger partial charge in [-0.3, -0.25) is 10.2 Å². The van der Waals surface area contributed by atoms with Crippen LogP contribution in [-0.4, -0.2) is 26.0 Å². The van der Waals surface area contributed by atoms with E-state index in [4.69, 9.17) is 20.6 Å². The van der Waals surface area contributed by atoms with E-state index in [1.807, 2.05) is 0 Å². The molecule has 25 heavy (non-hydrogen) atoms. The lowest BCUT2D eigenvalue weighted by Gasteiger charge is -2.17. The average molecular weight is 345 g/mol. The highest BCUT2D eigenvalue weighted by molar-refractivity contribution is 5.94. The summed E-state index contributed by atoms with van der Waals surface area (Å²) in [5, 5.41) is 10.1. The van der Waals surface area contributed by atoms with Crippen molar-refractivity contribution in [3.05, 3.63) is 65.0 Å². The molecule has 2 aromatic carbocycles. The van der Waals surface area contributed by atoms with E-state index in [1.165, 1.54) is 32.4 Å². The number of carbonyl (C=O) groups is 1. The van der Waals surface area contributed by atoms with Crippen molar-refractivity contribution in [3.8, 4) is 5.75 Å². The smallest absolute Gasteiger partial charge is 0.254 e. The molecule has 0 fully saturated rings. The Bertz CT molecular complexity index is 763. The predicted molar refractivity (Wildman–Crippen MR) is 92.0 cm³/mol. The van der Waals surface area contributed by atoms with Gasteiger partial charge in [0.15, 0.2) is 6.10 Å². The van der Waals surface area contributed by atoms with Gasteiger partial charge in [0.25, 0.3) is 5.91 Å². The van der Waals surface area contributed by atoms with Crippen LogP contribution in [0.15, 0.2) is 42.5 Å². The third-order valence-electron chi connectivity index (χ3n) is 3.69. The number of rotatable bonds is 7. The minimum atomic E-state index is -1.09. The summed E-state index contributed by atoms with van der Waals surface area (Å²) in [6.45, 7) is 0.239. The van der Waals surface area contributed by atoms with E-state index in [2.05, 4.69) is 5.32 Å². The highest BCUT2D eigenvalue weighted by Crippen LogP contribution is 2.25. The highest BCUT2D eigenvalue weighted by atomic mass is 19.1. The molecule has 1 amide bonds. The molecule has 0 radical (unpaired) electrons. The molecular weight excluding hydrogens is 325 g/mol. The van der Waals surface area contributed by atoms with Crippen LogP contribution in [0.3, 0.4) is 0 Å². The number of halogens is 1. The fourth-order valence-corrected chi connectivity index (χ4v) is 2.31. The zero-order chi connectivity index (χ0) is 18.4. The van der Waals surface area contributed by atoms with Gasteiger partial charge in [0, 0.05) is 24.8 Å². The van der Waals surface area contributed by atoms with E-state index in [9.17, 15) is 9.18 Å². The quantitative estimate of drug-likeness (QED) is 0.529. The summed E-state index contributed by atoms with van der Waals surface area (Å²) in [7, 11) is 2.80. The zero-order valence-electron chi connectivity index (χ0n) is 14.0. The molecule has 0 aliphatic heterocycles. The van der Waals surface area contributed by atoms with Gasteiger partial charge < -0.3 is 20.5 Å². The van der Waals surface area contributed by atoms with Crippen molar-refractivity contribution in [3.63, 3.8) is 0 Å².